The molecule has 3 rings (SSSR count). The largest absolute Gasteiger partial charge is 0.394 e. The minimum Gasteiger partial charge on any atom is -0.394 e. The summed E-state index contributed by atoms with van der Waals surface area (Å²) in [5.74, 6) is 0. The molecule has 1 aliphatic heterocycles. The maximum Gasteiger partial charge on any atom is 0.165 e. The third kappa shape index (κ3) is 1.80. The lowest BCUT2D eigenvalue weighted by Gasteiger charge is -2.16. The second-order valence-corrected chi connectivity index (χ2v) is 4.51. The Morgan fingerprint density at radius 1 is 1.26 bits per heavy atom. The number of aromatic nitrogens is 4. The molecule has 0 spiro atoms. The molecule has 0 aromatic carbocycles. The summed E-state index contributed by atoms with van der Waals surface area (Å²) >= 11 is 0. The van der Waals surface area contributed by atoms with Crippen molar-refractivity contribution in [1.82, 2.24) is 19.5 Å². The lowest BCUT2D eigenvalue weighted by molar-refractivity contribution is -0.0511. The van der Waals surface area contributed by atoms with E-state index in [4.69, 9.17) is 9.84 Å². The average Bonchev–Trinajstić information content (AvgIpc) is 2.94. The Morgan fingerprint density at radius 3 is 2.74 bits per heavy atom. The van der Waals surface area contributed by atoms with E-state index in [2.05, 4.69) is 15.0 Å². The van der Waals surface area contributed by atoms with Crippen molar-refractivity contribution in [3.05, 3.63) is 18.3 Å². The van der Waals surface area contributed by atoms with E-state index in [0.29, 0.717) is 11.2 Å². The van der Waals surface area contributed by atoms with Gasteiger partial charge in [0.1, 0.15) is 30.2 Å². The summed E-state index contributed by atoms with van der Waals surface area (Å²) in [6.45, 7) is 1.44. The van der Waals surface area contributed by atoms with E-state index < -0.39 is 24.5 Å². The van der Waals surface area contributed by atoms with Gasteiger partial charge in [-0.2, -0.15) is 0 Å². The van der Waals surface area contributed by atoms with Gasteiger partial charge in [-0.1, -0.05) is 0 Å². The van der Waals surface area contributed by atoms with Gasteiger partial charge in [0.05, 0.1) is 18.6 Å². The molecule has 102 valence electrons. The van der Waals surface area contributed by atoms with Crippen molar-refractivity contribution >= 4 is 11.2 Å². The molecule has 1 saturated heterocycles. The quantitative estimate of drug-likeness (QED) is 0.622. The van der Waals surface area contributed by atoms with E-state index in [1.807, 2.05) is 0 Å². The van der Waals surface area contributed by atoms with Crippen molar-refractivity contribution in [1.29, 1.82) is 0 Å². The van der Waals surface area contributed by atoms with E-state index in [0.717, 1.165) is 5.69 Å². The normalized spacial score (nSPS) is 31.2. The molecular formula is C11H14N4O4. The first-order valence-corrected chi connectivity index (χ1v) is 5.90. The van der Waals surface area contributed by atoms with Gasteiger partial charge in [-0.15, -0.1) is 0 Å². The van der Waals surface area contributed by atoms with Crippen molar-refractivity contribution in [2.45, 2.75) is 31.5 Å². The molecule has 1 fully saturated rings. The maximum absolute atomic E-state index is 9.98. The molecule has 0 aliphatic carbocycles. The van der Waals surface area contributed by atoms with Gasteiger partial charge in [-0.25, -0.2) is 15.0 Å². The molecule has 2 aromatic heterocycles. The zero-order chi connectivity index (χ0) is 13.6. The second kappa shape index (κ2) is 4.49. The Bertz CT molecular complexity index is 601. The minimum atomic E-state index is -1.15. The predicted molar refractivity (Wildman–Crippen MR) is 63.1 cm³/mol. The Kier molecular flexibility index (Phi) is 2.94. The van der Waals surface area contributed by atoms with Crippen LogP contribution >= 0.6 is 0 Å². The van der Waals surface area contributed by atoms with E-state index in [1.165, 1.54) is 17.2 Å². The molecule has 8 nitrogen and oxygen atoms in total. The molecule has 0 amide bonds. The van der Waals surface area contributed by atoms with Crippen LogP contribution in [0.3, 0.4) is 0 Å². The minimum absolute atomic E-state index is 0.366. The van der Waals surface area contributed by atoms with Gasteiger partial charge in [0.15, 0.2) is 11.9 Å². The van der Waals surface area contributed by atoms with Crippen molar-refractivity contribution < 1.29 is 20.1 Å². The van der Waals surface area contributed by atoms with Crippen LogP contribution in [0.25, 0.3) is 11.2 Å². The van der Waals surface area contributed by atoms with Gasteiger partial charge in [-0.3, -0.25) is 4.57 Å². The standard InChI is InChI=1S/C11H14N4O4/c1-5-7-10(13-3-12-5)15(4-14-7)11-9(18)8(17)6(2-16)19-11/h3-4,6,8-9,11,16-18H,2H2,1H3/t6-,8?,9+,11-/m1/s1. The first-order valence-electron chi connectivity index (χ1n) is 5.90. The van der Waals surface area contributed by atoms with Crippen LogP contribution in [0.2, 0.25) is 0 Å². The summed E-state index contributed by atoms with van der Waals surface area (Å²) in [5, 5.41) is 28.8. The van der Waals surface area contributed by atoms with Crippen LogP contribution in [-0.2, 0) is 4.74 Å². The topological polar surface area (TPSA) is 114 Å². The highest BCUT2D eigenvalue weighted by Crippen LogP contribution is 2.31. The monoisotopic (exact) mass is 266 g/mol. The Morgan fingerprint density at radius 2 is 2.05 bits per heavy atom. The smallest absolute Gasteiger partial charge is 0.165 e. The number of imidazole rings is 1. The SMILES string of the molecule is Cc1ncnc2c1ncn2[C@@H]1O[C@H](CO)C(O)[C@@H]1O. The molecule has 1 aliphatic rings. The van der Waals surface area contributed by atoms with Crippen LogP contribution in [0.15, 0.2) is 12.7 Å². The van der Waals surface area contributed by atoms with Gasteiger partial charge in [-0.05, 0) is 6.92 Å². The number of rotatable bonds is 2. The van der Waals surface area contributed by atoms with Gasteiger partial charge < -0.3 is 20.1 Å². The molecular weight excluding hydrogens is 252 g/mol. The first kappa shape index (κ1) is 12.4. The molecule has 8 heteroatoms. The number of ether oxygens (including phenoxy) is 1. The van der Waals surface area contributed by atoms with Crippen molar-refractivity contribution in [3.8, 4) is 0 Å². The van der Waals surface area contributed by atoms with E-state index in [9.17, 15) is 10.2 Å². The number of fused-ring (bicyclic) bond motifs is 1. The van der Waals surface area contributed by atoms with Crippen LogP contribution < -0.4 is 0 Å². The first-order chi connectivity index (χ1) is 9.13. The number of nitrogens with zero attached hydrogens (tertiary/aromatic N) is 4. The van der Waals surface area contributed by atoms with Gasteiger partial charge in [0.2, 0.25) is 0 Å². The van der Waals surface area contributed by atoms with E-state index in [-0.39, 0.29) is 6.61 Å². The van der Waals surface area contributed by atoms with Crippen molar-refractivity contribution in [3.63, 3.8) is 0 Å². The summed E-state index contributed by atoms with van der Waals surface area (Å²) in [7, 11) is 0. The Hall–Kier alpha value is -1.61. The van der Waals surface area contributed by atoms with Crippen LogP contribution in [0, 0.1) is 6.92 Å². The van der Waals surface area contributed by atoms with Crippen LogP contribution in [0.4, 0.5) is 0 Å². The molecule has 1 unspecified atom stereocenters. The van der Waals surface area contributed by atoms with Gasteiger partial charge in [0, 0.05) is 0 Å². The fourth-order valence-electron chi connectivity index (χ4n) is 2.27. The maximum atomic E-state index is 9.98. The highest BCUT2D eigenvalue weighted by molar-refractivity contribution is 5.72. The Balaban J connectivity index is 2.04. The molecule has 3 heterocycles. The number of hydrogen-bond acceptors (Lipinski definition) is 7. The lowest BCUT2D eigenvalue weighted by Crippen LogP contribution is -2.33. The van der Waals surface area contributed by atoms with E-state index >= 15 is 0 Å². The van der Waals surface area contributed by atoms with Crippen LogP contribution in [0.5, 0.6) is 0 Å². The summed E-state index contributed by atoms with van der Waals surface area (Å²) in [4.78, 5) is 12.3. The highest BCUT2D eigenvalue weighted by atomic mass is 16.6. The number of aliphatic hydroxyl groups is 3. The zero-order valence-electron chi connectivity index (χ0n) is 10.2. The van der Waals surface area contributed by atoms with Gasteiger partial charge >= 0.3 is 0 Å². The zero-order valence-corrected chi connectivity index (χ0v) is 10.2. The number of hydrogen-bond donors (Lipinski definition) is 3. The number of aliphatic hydroxyl groups excluding tert-OH is 3. The summed E-state index contributed by atoms with van der Waals surface area (Å²) in [6, 6.07) is 0. The van der Waals surface area contributed by atoms with Gasteiger partial charge in [0.25, 0.3) is 0 Å². The van der Waals surface area contributed by atoms with Crippen LogP contribution in [-0.4, -0.2) is 59.8 Å². The summed E-state index contributed by atoms with van der Waals surface area (Å²) in [6.07, 6.45) is -1.06. The fourth-order valence-corrected chi connectivity index (χ4v) is 2.27. The average molecular weight is 266 g/mol. The third-order valence-corrected chi connectivity index (χ3v) is 3.33. The summed E-state index contributed by atoms with van der Waals surface area (Å²) in [5.41, 5.74) is 1.85. The molecule has 0 bridgehead atoms. The predicted octanol–water partition coefficient (Wildman–Crippen LogP) is -1.25. The summed E-state index contributed by atoms with van der Waals surface area (Å²) < 4.78 is 6.98. The van der Waals surface area contributed by atoms with E-state index in [1.54, 1.807) is 6.92 Å². The number of aryl methyl sites for hydroxylation is 1. The lowest BCUT2D eigenvalue weighted by atomic mass is 10.1. The Labute approximate surface area is 108 Å². The third-order valence-electron chi connectivity index (χ3n) is 3.33. The van der Waals surface area contributed by atoms with Crippen molar-refractivity contribution in [2.24, 2.45) is 0 Å². The molecule has 2 aromatic rings. The molecule has 0 radical (unpaired) electrons. The molecule has 3 N–H and O–H groups in total. The fraction of sp³-hybridized carbons (Fsp3) is 0.545. The second-order valence-electron chi connectivity index (χ2n) is 4.51. The van der Waals surface area contributed by atoms with Crippen molar-refractivity contribution in [2.75, 3.05) is 6.61 Å². The molecule has 0 saturated carbocycles. The van der Waals surface area contributed by atoms with Crippen LogP contribution in [0.1, 0.15) is 11.9 Å². The highest BCUT2D eigenvalue weighted by Gasteiger charge is 2.43. The molecule has 4 atom stereocenters. The molecule has 19 heavy (non-hydrogen) atoms.